The number of carbonyl (C=O) groups excluding carboxylic acids is 4. The Morgan fingerprint density at radius 3 is 2.38 bits per heavy atom. The Labute approximate surface area is 206 Å². The molecule has 0 aliphatic carbocycles. The summed E-state index contributed by atoms with van der Waals surface area (Å²) in [5.41, 5.74) is 0.878. The molecule has 0 saturated carbocycles. The second-order valence-electron chi connectivity index (χ2n) is 8.86. The first kappa shape index (κ1) is 27.7. The number of thioether (sulfide) groups is 1. The van der Waals surface area contributed by atoms with E-state index in [2.05, 4.69) is 22.9 Å². The number of hydrogen-bond donors (Lipinski definition) is 3. The highest BCUT2D eigenvalue weighted by Crippen LogP contribution is 2.20. The molecule has 2 rings (SSSR count). The molecule has 3 amide bonds. The summed E-state index contributed by atoms with van der Waals surface area (Å²) in [6.45, 7) is 5.58. The molecule has 1 aliphatic rings. The van der Waals surface area contributed by atoms with Gasteiger partial charge in [0.1, 0.15) is 24.2 Å². The SMILES string of the molecule is CCCC[C@H](C)[C@@H]1CC(=O)N[C@@H](Cc2ccccc2)C(=O)N[C@@H](C)C(=O)N[C@@H](CSC)C(=O)O1. The Bertz CT molecular complexity index is 835. The van der Waals surface area contributed by atoms with E-state index in [1.807, 2.05) is 43.5 Å². The lowest BCUT2D eigenvalue weighted by Crippen LogP contribution is -2.55. The number of rotatable bonds is 8. The van der Waals surface area contributed by atoms with Gasteiger partial charge >= 0.3 is 5.97 Å². The van der Waals surface area contributed by atoms with Crippen molar-refractivity contribution in [2.24, 2.45) is 5.92 Å². The maximum atomic E-state index is 13.0. The van der Waals surface area contributed by atoms with E-state index in [-0.39, 0.29) is 24.7 Å². The van der Waals surface area contributed by atoms with Crippen LogP contribution in [0.4, 0.5) is 0 Å². The summed E-state index contributed by atoms with van der Waals surface area (Å²) in [6, 6.07) is 6.73. The highest BCUT2D eigenvalue weighted by Gasteiger charge is 2.33. The Kier molecular flexibility index (Phi) is 11.4. The lowest BCUT2D eigenvalue weighted by molar-refractivity contribution is -0.156. The molecule has 8 nitrogen and oxygen atoms in total. The van der Waals surface area contributed by atoms with Crippen LogP contribution >= 0.6 is 11.8 Å². The second kappa shape index (κ2) is 14.0. The molecule has 1 aliphatic heterocycles. The summed E-state index contributed by atoms with van der Waals surface area (Å²) in [6.07, 6.45) is 4.13. The summed E-state index contributed by atoms with van der Waals surface area (Å²) in [5.74, 6) is -1.60. The monoisotopic (exact) mass is 491 g/mol. The molecule has 3 N–H and O–H groups in total. The van der Waals surface area contributed by atoms with Crippen LogP contribution in [0.25, 0.3) is 0 Å². The van der Waals surface area contributed by atoms with Gasteiger partial charge in [-0.1, -0.05) is 57.0 Å². The first-order valence-electron chi connectivity index (χ1n) is 11.9. The van der Waals surface area contributed by atoms with Gasteiger partial charge in [0, 0.05) is 12.2 Å². The van der Waals surface area contributed by atoms with Crippen molar-refractivity contribution in [2.75, 3.05) is 12.0 Å². The number of carbonyl (C=O) groups is 4. The Hall–Kier alpha value is -2.55. The van der Waals surface area contributed by atoms with Gasteiger partial charge in [0.15, 0.2) is 0 Å². The van der Waals surface area contributed by atoms with Crippen LogP contribution in [0, 0.1) is 5.92 Å². The molecule has 1 heterocycles. The van der Waals surface area contributed by atoms with E-state index in [4.69, 9.17) is 4.74 Å². The van der Waals surface area contributed by atoms with Crippen molar-refractivity contribution >= 4 is 35.5 Å². The van der Waals surface area contributed by atoms with Crippen LogP contribution in [-0.2, 0) is 30.3 Å². The zero-order valence-corrected chi connectivity index (χ0v) is 21.3. The van der Waals surface area contributed by atoms with E-state index in [9.17, 15) is 19.2 Å². The summed E-state index contributed by atoms with van der Waals surface area (Å²) in [5, 5.41) is 8.18. The Morgan fingerprint density at radius 2 is 1.74 bits per heavy atom. The van der Waals surface area contributed by atoms with Gasteiger partial charge in [-0.15, -0.1) is 0 Å². The van der Waals surface area contributed by atoms with E-state index in [1.165, 1.54) is 11.8 Å². The van der Waals surface area contributed by atoms with Crippen molar-refractivity contribution in [1.29, 1.82) is 0 Å². The van der Waals surface area contributed by atoms with Crippen LogP contribution in [-0.4, -0.2) is 59.9 Å². The number of cyclic esters (lactones) is 1. The van der Waals surface area contributed by atoms with Gasteiger partial charge in [0.25, 0.3) is 0 Å². The van der Waals surface area contributed by atoms with Gasteiger partial charge in [0.2, 0.25) is 17.7 Å². The second-order valence-corrected chi connectivity index (χ2v) is 9.77. The van der Waals surface area contributed by atoms with Gasteiger partial charge in [0.05, 0.1) is 6.42 Å². The molecule has 1 fully saturated rings. The molecule has 1 aromatic rings. The van der Waals surface area contributed by atoms with E-state index < -0.39 is 42.0 Å². The average Bonchev–Trinajstić information content (AvgIpc) is 2.81. The highest BCUT2D eigenvalue weighted by molar-refractivity contribution is 7.98. The Balaban J connectivity index is 2.33. The van der Waals surface area contributed by atoms with E-state index in [0.29, 0.717) is 5.75 Å². The quantitative estimate of drug-likeness (QED) is 0.481. The molecular formula is C25H37N3O5S. The average molecular weight is 492 g/mol. The third-order valence-electron chi connectivity index (χ3n) is 5.92. The minimum Gasteiger partial charge on any atom is -0.460 e. The highest BCUT2D eigenvalue weighted by atomic mass is 32.2. The number of amides is 3. The van der Waals surface area contributed by atoms with Gasteiger partial charge in [-0.05, 0) is 31.1 Å². The van der Waals surface area contributed by atoms with Crippen LogP contribution in [0.15, 0.2) is 30.3 Å². The number of esters is 1. The minimum atomic E-state index is -0.889. The van der Waals surface area contributed by atoms with E-state index >= 15 is 0 Å². The molecule has 0 radical (unpaired) electrons. The molecule has 0 bridgehead atoms. The van der Waals surface area contributed by atoms with Crippen molar-refractivity contribution in [1.82, 2.24) is 16.0 Å². The molecule has 0 unspecified atom stereocenters. The fourth-order valence-corrected chi connectivity index (χ4v) is 4.36. The van der Waals surface area contributed by atoms with Crippen LogP contribution in [0.1, 0.15) is 52.0 Å². The predicted molar refractivity (Wildman–Crippen MR) is 133 cm³/mol. The van der Waals surface area contributed by atoms with Crippen molar-refractivity contribution in [3.05, 3.63) is 35.9 Å². The van der Waals surface area contributed by atoms with Crippen LogP contribution in [0.3, 0.4) is 0 Å². The van der Waals surface area contributed by atoms with Crippen LogP contribution in [0.5, 0.6) is 0 Å². The van der Waals surface area contributed by atoms with Gasteiger partial charge < -0.3 is 20.7 Å². The molecule has 9 heteroatoms. The molecule has 1 aromatic carbocycles. The van der Waals surface area contributed by atoms with Crippen molar-refractivity contribution in [3.63, 3.8) is 0 Å². The maximum Gasteiger partial charge on any atom is 0.329 e. The normalized spacial score (nSPS) is 25.5. The smallest absolute Gasteiger partial charge is 0.329 e. The molecule has 1 saturated heterocycles. The largest absolute Gasteiger partial charge is 0.460 e. The molecule has 0 aromatic heterocycles. The zero-order chi connectivity index (χ0) is 25.1. The molecular weight excluding hydrogens is 454 g/mol. The fraction of sp³-hybridized carbons (Fsp3) is 0.600. The lowest BCUT2D eigenvalue weighted by Gasteiger charge is -2.26. The predicted octanol–water partition coefficient (Wildman–Crippen LogP) is 2.21. The van der Waals surface area contributed by atoms with Crippen molar-refractivity contribution < 1.29 is 23.9 Å². The fourth-order valence-electron chi connectivity index (χ4n) is 3.81. The summed E-state index contributed by atoms with van der Waals surface area (Å²) in [7, 11) is 0. The number of benzene rings is 1. The maximum absolute atomic E-state index is 13.0. The topological polar surface area (TPSA) is 114 Å². The summed E-state index contributed by atoms with van der Waals surface area (Å²) < 4.78 is 5.79. The van der Waals surface area contributed by atoms with Crippen LogP contribution in [0.2, 0.25) is 0 Å². The van der Waals surface area contributed by atoms with Gasteiger partial charge in [-0.25, -0.2) is 4.79 Å². The van der Waals surface area contributed by atoms with Gasteiger partial charge in [-0.2, -0.15) is 11.8 Å². The van der Waals surface area contributed by atoms with Crippen molar-refractivity contribution in [2.45, 2.75) is 77.1 Å². The number of nitrogens with one attached hydrogen (secondary N) is 3. The third kappa shape index (κ3) is 8.66. The standard InChI is InChI=1S/C25H37N3O5S/c1-5-6-10-16(2)21-14-22(29)27-19(13-18-11-8-7-9-12-18)24(31)26-17(3)23(30)28-20(15-34-4)25(32)33-21/h7-9,11-12,16-17,19-21H,5-6,10,13-15H2,1-4H3,(H,26,31)(H,27,29)(H,28,30)/t16-,17-,19-,20-,21-/m0/s1. The number of unbranched alkanes of at least 4 members (excludes halogenated alkanes) is 1. The third-order valence-corrected chi connectivity index (χ3v) is 6.59. The van der Waals surface area contributed by atoms with E-state index in [1.54, 1.807) is 6.92 Å². The van der Waals surface area contributed by atoms with Gasteiger partial charge in [-0.3, -0.25) is 14.4 Å². The number of ether oxygens (including phenoxy) is 1. The molecule has 0 spiro atoms. The molecule has 188 valence electrons. The summed E-state index contributed by atoms with van der Waals surface area (Å²) in [4.78, 5) is 51.8. The molecule has 5 atom stereocenters. The first-order valence-corrected chi connectivity index (χ1v) is 13.3. The lowest BCUT2D eigenvalue weighted by atomic mass is 9.95. The van der Waals surface area contributed by atoms with Crippen LogP contribution < -0.4 is 16.0 Å². The molecule has 34 heavy (non-hydrogen) atoms. The number of hydrogen-bond acceptors (Lipinski definition) is 6. The summed E-state index contributed by atoms with van der Waals surface area (Å²) >= 11 is 1.40. The zero-order valence-electron chi connectivity index (χ0n) is 20.5. The van der Waals surface area contributed by atoms with E-state index in [0.717, 1.165) is 24.8 Å². The van der Waals surface area contributed by atoms with Crippen molar-refractivity contribution in [3.8, 4) is 0 Å². The Morgan fingerprint density at radius 1 is 1.03 bits per heavy atom. The first-order chi connectivity index (χ1) is 16.2. The minimum absolute atomic E-state index is 0.0502.